The molecule has 0 fully saturated rings. The van der Waals surface area contributed by atoms with Crippen LogP contribution in [0.5, 0.6) is 0 Å². The van der Waals surface area contributed by atoms with Crippen molar-refractivity contribution in [2.75, 3.05) is 0 Å². The molecule has 0 amide bonds. The predicted molar refractivity (Wildman–Crippen MR) is 158 cm³/mol. The topological polar surface area (TPSA) is 0 Å². The molecular weight excluding hydrogens is 408 g/mol. The summed E-state index contributed by atoms with van der Waals surface area (Å²) in [5, 5.41) is 8.03. The predicted octanol–water partition coefficient (Wildman–Crippen LogP) is 11.5. The summed E-state index contributed by atoms with van der Waals surface area (Å²) < 4.78 is 0. The molecule has 0 nitrogen and oxygen atoms in total. The first kappa shape index (κ1) is 27.1. The Bertz CT molecular complexity index is 1340. The van der Waals surface area contributed by atoms with Gasteiger partial charge in [-0.2, -0.15) is 0 Å². The van der Waals surface area contributed by atoms with Crippen LogP contribution in [-0.4, -0.2) is 0 Å². The average Bonchev–Trinajstić information content (AvgIpc) is 3.21. The minimum Gasteiger partial charge on any atom is -0.0683 e. The van der Waals surface area contributed by atoms with Crippen LogP contribution in [-0.2, 0) is 0 Å². The van der Waals surface area contributed by atoms with Crippen LogP contribution < -0.4 is 0 Å². The fourth-order valence-electron chi connectivity index (χ4n) is 4.30. The molecule has 0 atom stereocenters. The van der Waals surface area contributed by atoms with Crippen molar-refractivity contribution < 1.29 is 0 Å². The Balaban J connectivity index is 0.000000361. The second-order valence-corrected chi connectivity index (χ2v) is 8.35. The molecule has 0 bridgehead atoms. The molecule has 0 spiro atoms. The van der Waals surface area contributed by atoms with Crippen LogP contribution >= 0.6 is 0 Å². The van der Waals surface area contributed by atoms with Crippen molar-refractivity contribution in [2.24, 2.45) is 5.92 Å². The summed E-state index contributed by atoms with van der Waals surface area (Å²) in [6.45, 7) is 18.5. The van der Waals surface area contributed by atoms with Crippen molar-refractivity contribution in [1.29, 1.82) is 0 Å². The zero-order chi connectivity index (χ0) is 25.3. The van der Waals surface area contributed by atoms with Gasteiger partial charge in [0, 0.05) is 0 Å². The Morgan fingerprint density at radius 2 is 0.912 bits per heavy atom. The molecule has 0 radical (unpaired) electrons. The van der Waals surface area contributed by atoms with E-state index in [0.29, 0.717) is 0 Å². The minimum absolute atomic E-state index is 0.833. The summed E-state index contributed by atoms with van der Waals surface area (Å²) in [6.07, 6.45) is 0. The summed E-state index contributed by atoms with van der Waals surface area (Å²) in [5.74, 6) is 0.833. The molecule has 0 aliphatic heterocycles. The summed E-state index contributed by atoms with van der Waals surface area (Å²) in [5.41, 5.74) is 5.51. The van der Waals surface area contributed by atoms with Gasteiger partial charge in [0.05, 0.1) is 0 Å². The molecule has 34 heavy (non-hydrogen) atoms. The van der Waals surface area contributed by atoms with E-state index in [-0.39, 0.29) is 0 Å². The first-order chi connectivity index (χ1) is 16.6. The van der Waals surface area contributed by atoms with Gasteiger partial charge >= 0.3 is 0 Å². The summed E-state index contributed by atoms with van der Waals surface area (Å²) in [6, 6.07) is 31.1. The molecule has 0 unspecified atom stereocenters. The van der Waals surface area contributed by atoms with E-state index in [0.717, 1.165) is 5.92 Å². The summed E-state index contributed by atoms with van der Waals surface area (Å²) in [4.78, 5) is 0. The van der Waals surface area contributed by atoms with Crippen molar-refractivity contribution in [1.82, 2.24) is 0 Å². The monoisotopic (exact) mass is 450 g/mol. The Hall–Kier alpha value is -3.12. The number of fused-ring (bicyclic) bond motifs is 6. The van der Waals surface area contributed by atoms with E-state index in [1.165, 1.54) is 54.6 Å². The quantitative estimate of drug-likeness (QED) is 0.202. The maximum absolute atomic E-state index is 2.37. The fraction of sp³-hybridized carbons (Fsp3) is 0.294. The van der Waals surface area contributed by atoms with Crippen LogP contribution in [0.2, 0.25) is 0 Å². The van der Waals surface area contributed by atoms with E-state index in [1.807, 2.05) is 41.5 Å². The van der Waals surface area contributed by atoms with Gasteiger partial charge in [-0.25, -0.2) is 0 Å². The van der Waals surface area contributed by atoms with Gasteiger partial charge in [-0.1, -0.05) is 129 Å². The van der Waals surface area contributed by atoms with E-state index in [2.05, 4.69) is 106 Å². The highest BCUT2D eigenvalue weighted by molar-refractivity contribution is 6.24. The highest BCUT2D eigenvalue weighted by Crippen LogP contribution is 2.51. The molecule has 6 rings (SSSR count). The van der Waals surface area contributed by atoms with Crippen LogP contribution in [0.4, 0.5) is 0 Å². The van der Waals surface area contributed by atoms with Gasteiger partial charge in [0.1, 0.15) is 0 Å². The molecule has 1 aliphatic rings. The zero-order valence-electron chi connectivity index (χ0n) is 22.7. The third-order valence-electron chi connectivity index (χ3n) is 5.33. The number of benzene rings is 5. The van der Waals surface area contributed by atoms with Crippen LogP contribution in [0.3, 0.4) is 0 Å². The third-order valence-corrected chi connectivity index (χ3v) is 5.33. The Morgan fingerprint density at radius 1 is 0.441 bits per heavy atom. The SMILES string of the molecule is CC.CC.CC.CC(C)C.c1ccc2cc3c(cc2c1)-c1cccc2cc4ccccc4c-3c12. The molecule has 178 valence electrons. The maximum Gasteiger partial charge on any atom is -0.00141 e. The largest absolute Gasteiger partial charge is 0.0683 e. The molecule has 1 aliphatic carbocycles. The second-order valence-electron chi connectivity index (χ2n) is 8.35. The molecule has 0 heterocycles. The van der Waals surface area contributed by atoms with E-state index in [9.17, 15) is 0 Å². The lowest BCUT2D eigenvalue weighted by molar-refractivity contribution is 0.737. The first-order valence-corrected chi connectivity index (χ1v) is 13.1. The zero-order valence-corrected chi connectivity index (χ0v) is 22.7. The van der Waals surface area contributed by atoms with E-state index < -0.39 is 0 Å². The first-order valence-electron chi connectivity index (χ1n) is 13.1. The average molecular weight is 451 g/mol. The normalized spacial score (nSPS) is 10.2. The van der Waals surface area contributed by atoms with Crippen molar-refractivity contribution in [2.45, 2.75) is 62.3 Å². The molecule has 0 N–H and O–H groups in total. The smallest absolute Gasteiger partial charge is 0.00141 e. The van der Waals surface area contributed by atoms with Crippen molar-refractivity contribution in [3.8, 4) is 22.3 Å². The van der Waals surface area contributed by atoms with Gasteiger partial charge in [0.2, 0.25) is 0 Å². The van der Waals surface area contributed by atoms with Crippen molar-refractivity contribution >= 4 is 32.3 Å². The number of hydrogen-bond acceptors (Lipinski definition) is 0. The maximum atomic E-state index is 2.37. The van der Waals surface area contributed by atoms with Gasteiger partial charge in [-0.05, 0) is 78.7 Å². The molecule has 0 saturated heterocycles. The van der Waals surface area contributed by atoms with Crippen LogP contribution in [0.15, 0.2) is 84.9 Å². The van der Waals surface area contributed by atoms with Crippen LogP contribution in [0.1, 0.15) is 62.3 Å². The van der Waals surface area contributed by atoms with E-state index in [4.69, 9.17) is 0 Å². The molecule has 0 aromatic heterocycles. The fourth-order valence-corrected chi connectivity index (χ4v) is 4.30. The van der Waals surface area contributed by atoms with Gasteiger partial charge in [-0.15, -0.1) is 0 Å². The Labute approximate surface area is 207 Å². The standard InChI is InChI=1S/C24H14.C4H10.3C2H6/c1-2-7-16-14-22-21(13-15(16)6-1)20-11-5-9-18-12-17-8-3-4-10-19(17)24(22)23(18)20;1-4(2)3;3*1-2/h1-14H;4H,1-3H3;3*1-2H3. The van der Waals surface area contributed by atoms with Crippen LogP contribution in [0.25, 0.3) is 54.6 Å². The van der Waals surface area contributed by atoms with Crippen LogP contribution in [0, 0.1) is 5.92 Å². The second kappa shape index (κ2) is 12.9. The Morgan fingerprint density at radius 3 is 1.50 bits per heavy atom. The lowest BCUT2D eigenvalue weighted by atomic mass is 9.95. The number of hydrogen-bond donors (Lipinski definition) is 0. The van der Waals surface area contributed by atoms with Crippen molar-refractivity contribution in [3.05, 3.63) is 84.9 Å². The molecule has 5 aromatic carbocycles. The van der Waals surface area contributed by atoms with Gasteiger partial charge < -0.3 is 0 Å². The number of rotatable bonds is 0. The summed E-state index contributed by atoms with van der Waals surface area (Å²) in [7, 11) is 0. The minimum atomic E-state index is 0.833. The molecule has 0 saturated carbocycles. The highest BCUT2D eigenvalue weighted by Gasteiger charge is 2.23. The third kappa shape index (κ3) is 5.33. The van der Waals surface area contributed by atoms with Crippen molar-refractivity contribution in [3.63, 3.8) is 0 Å². The molecule has 0 heteroatoms. The lowest BCUT2D eigenvalue weighted by Crippen LogP contribution is -1.81. The van der Waals surface area contributed by atoms with E-state index in [1.54, 1.807) is 0 Å². The highest BCUT2D eigenvalue weighted by atomic mass is 14.3. The van der Waals surface area contributed by atoms with E-state index >= 15 is 0 Å². The lowest BCUT2D eigenvalue weighted by Gasteiger charge is -2.08. The Kier molecular flexibility index (Phi) is 10.3. The summed E-state index contributed by atoms with van der Waals surface area (Å²) >= 11 is 0. The van der Waals surface area contributed by atoms with Gasteiger partial charge in [0.25, 0.3) is 0 Å². The molecular formula is C34H42. The van der Waals surface area contributed by atoms with Gasteiger partial charge in [-0.3, -0.25) is 0 Å². The van der Waals surface area contributed by atoms with Gasteiger partial charge in [0.15, 0.2) is 0 Å². The molecule has 5 aromatic rings.